The molecule has 0 aromatic heterocycles. The molecule has 0 radical (unpaired) electrons. The SMILES string of the molecule is CC(C)(C)c1ccc(C(=O)CSCC(=O)O)cc1. The van der Waals surface area contributed by atoms with E-state index >= 15 is 0 Å². The summed E-state index contributed by atoms with van der Waals surface area (Å²) in [5.74, 6) is -0.745. The van der Waals surface area contributed by atoms with Crippen molar-refractivity contribution in [3.8, 4) is 0 Å². The fourth-order valence-electron chi connectivity index (χ4n) is 1.47. The van der Waals surface area contributed by atoms with Crippen molar-refractivity contribution >= 4 is 23.5 Å². The molecule has 1 aromatic rings. The first-order valence-corrected chi connectivity index (χ1v) is 6.89. The lowest BCUT2D eigenvalue weighted by Gasteiger charge is -2.18. The maximum Gasteiger partial charge on any atom is 0.313 e. The summed E-state index contributed by atoms with van der Waals surface area (Å²) in [6.45, 7) is 6.35. The zero-order valence-corrected chi connectivity index (χ0v) is 11.7. The van der Waals surface area contributed by atoms with Crippen LogP contribution in [0.4, 0.5) is 0 Å². The summed E-state index contributed by atoms with van der Waals surface area (Å²) in [5, 5.41) is 8.49. The smallest absolute Gasteiger partial charge is 0.313 e. The number of hydrogen-bond donors (Lipinski definition) is 1. The Morgan fingerprint density at radius 1 is 1.11 bits per heavy atom. The van der Waals surface area contributed by atoms with Crippen LogP contribution in [0.5, 0.6) is 0 Å². The molecule has 0 aliphatic carbocycles. The van der Waals surface area contributed by atoms with Crippen molar-refractivity contribution in [1.29, 1.82) is 0 Å². The summed E-state index contributed by atoms with van der Waals surface area (Å²) in [7, 11) is 0. The first-order valence-electron chi connectivity index (χ1n) is 5.74. The van der Waals surface area contributed by atoms with Crippen LogP contribution in [0.3, 0.4) is 0 Å². The molecule has 0 heterocycles. The molecule has 0 bridgehead atoms. The highest BCUT2D eigenvalue weighted by atomic mass is 32.2. The summed E-state index contributed by atoms with van der Waals surface area (Å²) in [4.78, 5) is 22.1. The van der Waals surface area contributed by atoms with Gasteiger partial charge in [0.15, 0.2) is 5.78 Å². The van der Waals surface area contributed by atoms with Crippen LogP contribution in [-0.4, -0.2) is 28.4 Å². The van der Waals surface area contributed by atoms with Gasteiger partial charge in [0, 0.05) is 5.56 Å². The molecule has 98 valence electrons. The van der Waals surface area contributed by atoms with Crippen LogP contribution in [0.15, 0.2) is 24.3 Å². The largest absolute Gasteiger partial charge is 0.481 e. The average Bonchev–Trinajstić information content (AvgIpc) is 2.27. The number of carboxylic acid groups (broad SMARTS) is 1. The summed E-state index contributed by atoms with van der Waals surface area (Å²) < 4.78 is 0. The van der Waals surface area contributed by atoms with Crippen molar-refractivity contribution in [3.05, 3.63) is 35.4 Å². The van der Waals surface area contributed by atoms with Gasteiger partial charge < -0.3 is 5.11 Å². The molecule has 0 fully saturated rings. The number of carbonyl (C=O) groups is 2. The lowest BCUT2D eigenvalue weighted by Crippen LogP contribution is -2.12. The van der Waals surface area contributed by atoms with E-state index in [1.807, 2.05) is 24.3 Å². The van der Waals surface area contributed by atoms with Gasteiger partial charge in [0.25, 0.3) is 0 Å². The van der Waals surface area contributed by atoms with Crippen molar-refractivity contribution in [2.24, 2.45) is 0 Å². The van der Waals surface area contributed by atoms with Crippen LogP contribution in [0.1, 0.15) is 36.7 Å². The van der Waals surface area contributed by atoms with Crippen molar-refractivity contribution in [2.75, 3.05) is 11.5 Å². The third-order valence-electron chi connectivity index (χ3n) is 2.53. The van der Waals surface area contributed by atoms with E-state index in [2.05, 4.69) is 20.8 Å². The first-order chi connectivity index (χ1) is 8.30. The third kappa shape index (κ3) is 4.53. The van der Waals surface area contributed by atoms with Gasteiger partial charge in [-0.3, -0.25) is 9.59 Å². The minimum atomic E-state index is -0.893. The molecule has 0 saturated heterocycles. The van der Waals surface area contributed by atoms with E-state index in [1.165, 1.54) is 5.56 Å². The molecular weight excluding hydrogens is 248 g/mol. The fourth-order valence-corrected chi connectivity index (χ4v) is 2.10. The van der Waals surface area contributed by atoms with Gasteiger partial charge in [-0.2, -0.15) is 0 Å². The van der Waals surface area contributed by atoms with E-state index in [-0.39, 0.29) is 22.7 Å². The van der Waals surface area contributed by atoms with Crippen molar-refractivity contribution in [2.45, 2.75) is 26.2 Å². The molecule has 3 nitrogen and oxygen atoms in total. The first kappa shape index (κ1) is 14.8. The predicted octanol–water partition coefficient (Wildman–Crippen LogP) is 2.98. The van der Waals surface area contributed by atoms with Gasteiger partial charge in [-0.25, -0.2) is 0 Å². The van der Waals surface area contributed by atoms with Crippen molar-refractivity contribution < 1.29 is 14.7 Å². The molecule has 0 unspecified atom stereocenters. The van der Waals surface area contributed by atoms with Crippen LogP contribution < -0.4 is 0 Å². The molecular formula is C14H18O3S. The second-order valence-corrected chi connectivity index (χ2v) is 6.12. The lowest BCUT2D eigenvalue weighted by molar-refractivity contribution is -0.133. The number of aliphatic carboxylic acids is 1. The third-order valence-corrected chi connectivity index (χ3v) is 3.45. The highest BCUT2D eigenvalue weighted by Crippen LogP contribution is 2.22. The van der Waals surface area contributed by atoms with E-state index in [9.17, 15) is 9.59 Å². The van der Waals surface area contributed by atoms with Gasteiger partial charge in [-0.05, 0) is 11.0 Å². The number of thioether (sulfide) groups is 1. The minimum absolute atomic E-state index is 0.0262. The van der Waals surface area contributed by atoms with Gasteiger partial charge in [0.05, 0.1) is 11.5 Å². The van der Waals surface area contributed by atoms with Crippen LogP contribution >= 0.6 is 11.8 Å². The molecule has 4 heteroatoms. The zero-order valence-electron chi connectivity index (χ0n) is 10.9. The Labute approximate surface area is 112 Å². The Bertz CT molecular complexity index is 429. The van der Waals surface area contributed by atoms with E-state index in [0.717, 1.165) is 11.8 Å². The maximum atomic E-state index is 11.8. The second kappa shape index (κ2) is 6.05. The maximum absolute atomic E-state index is 11.8. The Balaban J connectivity index is 2.62. The molecule has 1 rings (SSSR count). The quantitative estimate of drug-likeness (QED) is 0.832. The normalized spacial score (nSPS) is 11.3. The van der Waals surface area contributed by atoms with Crippen molar-refractivity contribution in [3.63, 3.8) is 0 Å². The van der Waals surface area contributed by atoms with E-state index < -0.39 is 5.97 Å². The Hall–Kier alpha value is -1.29. The number of Topliss-reactive ketones (excluding diaryl/α,β-unsaturated/α-hetero) is 1. The molecule has 0 atom stereocenters. The molecule has 0 amide bonds. The Kier molecular flexibility index (Phi) is 4.96. The van der Waals surface area contributed by atoms with E-state index in [1.54, 1.807) is 0 Å². The van der Waals surface area contributed by atoms with Gasteiger partial charge in [0.2, 0.25) is 0 Å². The van der Waals surface area contributed by atoms with Gasteiger partial charge in [-0.1, -0.05) is 45.0 Å². The van der Waals surface area contributed by atoms with Crippen molar-refractivity contribution in [1.82, 2.24) is 0 Å². The highest BCUT2D eigenvalue weighted by molar-refractivity contribution is 8.00. The summed E-state index contributed by atoms with van der Waals surface area (Å²) in [6, 6.07) is 7.53. The Morgan fingerprint density at radius 3 is 2.11 bits per heavy atom. The van der Waals surface area contributed by atoms with Crippen LogP contribution in [-0.2, 0) is 10.2 Å². The molecule has 1 N–H and O–H groups in total. The molecule has 1 aromatic carbocycles. The van der Waals surface area contributed by atoms with E-state index in [0.29, 0.717) is 5.56 Å². The van der Waals surface area contributed by atoms with Gasteiger partial charge in [-0.15, -0.1) is 11.8 Å². The number of rotatable bonds is 5. The monoisotopic (exact) mass is 266 g/mol. The number of benzene rings is 1. The number of ketones is 1. The second-order valence-electron chi connectivity index (χ2n) is 5.14. The fraction of sp³-hybridized carbons (Fsp3) is 0.429. The molecule has 0 aliphatic rings. The topological polar surface area (TPSA) is 54.4 Å². The van der Waals surface area contributed by atoms with Gasteiger partial charge >= 0.3 is 5.97 Å². The summed E-state index contributed by atoms with van der Waals surface area (Å²) in [6.07, 6.45) is 0. The van der Waals surface area contributed by atoms with Crippen LogP contribution in [0.25, 0.3) is 0 Å². The lowest BCUT2D eigenvalue weighted by atomic mass is 9.86. The minimum Gasteiger partial charge on any atom is -0.481 e. The van der Waals surface area contributed by atoms with E-state index in [4.69, 9.17) is 5.11 Å². The van der Waals surface area contributed by atoms with Crippen LogP contribution in [0, 0.1) is 0 Å². The zero-order chi connectivity index (χ0) is 13.8. The molecule has 18 heavy (non-hydrogen) atoms. The number of carboxylic acids is 1. The predicted molar refractivity (Wildman–Crippen MR) is 74.4 cm³/mol. The van der Waals surface area contributed by atoms with Crippen LogP contribution in [0.2, 0.25) is 0 Å². The molecule has 0 saturated carbocycles. The summed E-state index contributed by atoms with van der Waals surface area (Å²) >= 11 is 1.12. The summed E-state index contributed by atoms with van der Waals surface area (Å²) in [5.41, 5.74) is 1.89. The molecule has 0 aliphatic heterocycles. The number of hydrogen-bond acceptors (Lipinski definition) is 3. The Morgan fingerprint density at radius 2 is 1.67 bits per heavy atom. The average molecular weight is 266 g/mol. The molecule has 0 spiro atoms. The standard InChI is InChI=1S/C14H18O3S/c1-14(2,3)11-6-4-10(5-7-11)12(15)8-18-9-13(16)17/h4-7H,8-9H2,1-3H3,(H,16,17). The number of carbonyl (C=O) groups excluding carboxylic acids is 1. The highest BCUT2D eigenvalue weighted by Gasteiger charge is 2.14. The van der Waals surface area contributed by atoms with Gasteiger partial charge in [0.1, 0.15) is 0 Å².